The van der Waals surface area contributed by atoms with Gasteiger partial charge in [0, 0.05) is 19.6 Å². The molecule has 9 heteroatoms. The number of unbranched alkanes of at least 4 members (excludes halogenated alkanes) is 35. The predicted octanol–water partition coefficient (Wildman–Crippen LogP) is 17.7. The number of phosphoric ester groups is 1. The van der Waals surface area contributed by atoms with E-state index < -0.39 is 13.9 Å². The minimum atomic E-state index is -4.28. The van der Waals surface area contributed by atoms with Gasteiger partial charge in [0.1, 0.15) is 6.10 Å². The van der Waals surface area contributed by atoms with Gasteiger partial charge in [0.25, 0.3) is 0 Å². The molecule has 2 atom stereocenters. The van der Waals surface area contributed by atoms with Crippen LogP contribution in [-0.2, 0) is 27.9 Å². The number of hydrogen-bond donors (Lipinski definition) is 2. The van der Waals surface area contributed by atoms with E-state index >= 15 is 0 Å². The quantitative estimate of drug-likeness (QED) is 0.0268. The lowest BCUT2D eigenvalue weighted by molar-refractivity contribution is -0.154. The van der Waals surface area contributed by atoms with Crippen molar-refractivity contribution in [3.63, 3.8) is 0 Å². The zero-order chi connectivity index (χ0) is 47.3. The Morgan fingerprint density at radius 3 is 1.22 bits per heavy atom. The van der Waals surface area contributed by atoms with Crippen LogP contribution in [-0.4, -0.2) is 49.9 Å². The summed E-state index contributed by atoms with van der Waals surface area (Å²) >= 11 is 0. The molecule has 0 saturated heterocycles. The lowest BCUT2D eigenvalue weighted by atomic mass is 10.0. The largest absolute Gasteiger partial charge is 0.472 e. The Kier molecular flexibility index (Phi) is 52.6. The number of carbonyl (C=O) groups excluding carboxylic acids is 1. The Hall–Kier alpha value is -1.28. The highest BCUT2D eigenvalue weighted by atomic mass is 31.2. The van der Waals surface area contributed by atoms with E-state index in [0.29, 0.717) is 13.0 Å². The van der Waals surface area contributed by atoms with Crippen molar-refractivity contribution in [2.24, 2.45) is 5.73 Å². The van der Waals surface area contributed by atoms with Gasteiger partial charge in [-0.25, -0.2) is 4.57 Å². The Morgan fingerprint density at radius 1 is 0.462 bits per heavy atom. The number of hydrogen-bond acceptors (Lipinski definition) is 7. The van der Waals surface area contributed by atoms with Crippen molar-refractivity contribution in [2.75, 3.05) is 33.0 Å². The Morgan fingerprint density at radius 2 is 0.815 bits per heavy atom. The first-order valence-electron chi connectivity index (χ1n) is 28.0. The number of phosphoric acid groups is 1. The monoisotopic (exact) mass is 938 g/mol. The third-order valence-corrected chi connectivity index (χ3v) is 13.3. The summed E-state index contributed by atoms with van der Waals surface area (Å²) in [6.07, 6.45) is 64.7. The van der Waals surface area contributed by atoms with E-state index in [1.54, 1.807) is 0 Å². The first-order chi connectivity index (χ1) is 31.9. The van der Waals surface area contributed by atoms with E-state index in [1.807, 2.05) is 0 Å². The van der Waals surface area contributed by atoms with Gasteiger partial charge in [-0.3, -0.25) is 13.8 Å². The van der Waals surface area contributed by atoms with Crippen LogP contribution in [0.1, 0.15) is 277 Å². The van der Waals surface area contributed by atoms with E-state index in [2.05, 4.69) is 50.3 Å². The van der Waals surface area contributed by atoms with Crippen molar-refractivity contribution >= 4 is 13.8 Å². The van der Waals surface area contributed by atoms with Crippen LogP contribution < -0.4 is 5.73 Å². The molecule has 0 aliphatic heterocycles. The molecule has 0 saturated carbocycles. The van der Waals surface area contributed by atoms with Crippen molar-refractivity contribution in [2.45, 2.75) is 283 Å². The topological polar surface area (TPSA) is 117 Å². The molecule has 0 aromatic rings. The van der Waals surface area contributed by atoms with Gasteiger partial charge in [-0.1, -0.05) is 256 Å². The van der Waals surface area contributed by atoms with Gasteiger partial charge in [-0.15, -0.1) is 0 Å². The molecule has 0 aliphatic rings. The lowest BCUT2D eigenvalue weighted by Gasteiger charge is -2.20. The third-order valence-electron chi connectivity index (χ3n) is 12.3. The van der Waals surface area contributed by atoms with E-state index in [4.69, 9.17) is 24.3 Å². The Balaban J connectivity index is 3.89. The smallest absolute Gasteiger partial charge is 0.457 e. The van der Waals surface area contributed by atoms with Gasteiger partial charge in [-0.2, -0.15) is 0 Å². The lowest BCUT2D eigenvalue weighted by Crippen LogP contribution is -2.28. The van der Waals surface area contributed by atoms with Gasteiger partial charge >= 0.3 is 13.8 Å². The summed E-state index contributed by atoms with van der Waals surface area (Å²) < 4.78 is 33.7. The molecule has 65 heavy (non-hydrogen) atoms. The SMILES string of the molecule is CCCCCCC/C=C\C/C=C\C/C=C\CCCCCCCCCCCCC(=O)OC(COCCCCCCCCCCCCCCCCCCCCCCC)COP(=O)(O)OCCN. The number of carbonyl (C=O) groups is 1. The summed E-state index contributed by atoms with van der Waals surface area (Å²) in [5, 5.41) is 0. The number of allylic oxidation sites excluding steroid dienone is 6. The zero-order valence-corrected chi connectivity index (χ0v) is 43.9. The second-order valence-corrected chi connectivity index (χ2v) is 20.3. The second-order valence-electron chi connectivity index (χ2n) is 18.8. The fourth-order valence-corrected chi connectivity index (χ4v) is 8.95. The van der Waals surface area contributed by atoms with Crippen LogP contribution in [0.3, 0.4) is 0 Å². The minimum absolute atomic E-state index is 0.0946. The highest BCUT2D eigenvalue weighted by molar-refractivity contribution is 7.47. The van der Waals surface area contributed by atoms with E-state index in [0.717, 1.165) is 44.9 Å². The number of esters is 1. The van der Waals surface area contributed by atoms with Crippen LogP contribution in [0, 0.1) is 0 Å². The van der Waals surface area contributed by atoms with E-state index in [1.165, 1.54) is 212 Å². The average molecular weight is 938 g/mol. The summed E-state index contributed by atoms with van der Waals surface area (Å²) in [4.78, 5) is 22.6. The van der Waals surface area contributed by atoms with Crippen LogP contribution >= 0.6 is 7.82 Å². The minimum Gasteiger partial charge on any atom is -0.457 e. The standard InChI is InChI=1S/C56H108NO7P/c1-3-5-7-9-11-13-15-17-19-21-23-25-26-27-28-29-31-33-35-37-39-41-43-45-47-49-56(58)64-55(54-63-65(59,60)62-52-50-57)53-61-51-48-46-44-42-40-38-36-34-32-30-24-22-20-18-16-14-12-10-8-6-4-2/h15,17,21,23,26-27,55H,3-14,16,18-20,22,24-25,28-54,57H2,1-2H3,(H,59,60)/b17-15-,23-21-,27-26-. The maximum Gasteiger partial charge on any atom is 0.472 e. The average Bonchev–Trinajstić information content (AvgIpc) is 3.30. The molecule has 0 aromatic heterocycles. The van der Waals surface area contributed by atoms with Gasteiger partial charge < -0.3 is 20.1 Å². The van der Waals surface area contributed by atoms with E-state index in [9.17, 15) is 14.3 Å². The van der Waals surface area contributed by atoms with Crippen LogP contribution in [0.5, 0.6) is 0 Å². The van der Waals surface area contributed by atoms with E-state index in [-0.39, 0.29) is 32.3 Å². The molecule has 0 bridgehead atoms. The van der Waals surface area contributed by atoms with Gasteiger partial charge in [0.15, 0.2) is 0 Å². The Bertz CT molecular complexity index is 1100. The summed E-state index contributed by atoms with van der Waals surface area (Å²) in [6.45, 7) is 4.97. The van der Waals surface area contributed by atoms with Crippen molar-refractivity contribution < 1.29 is 32.8 Å². The predicted molar refractivity (Wildman–Crippen MR) is 280 cm³/mol. The number of nitrogens with two attached hydrogens (primary N) is 1. The van der Waals surface area contributed by atoms with Gasteiger partial charge in [0.2, 0.25) is 0 Å². The maximum atomic E-state index is 12.7. The molecule has 0 rings (SSSR count). The normalized spacial score (nSPS) is 13.5. The molecule has 0 heterocycles. The first kappa shape index (κ1) is 63.7. The molecule has 2 unspecified atom stereocenters. The summed E-state index contributed by atoms with van der Waals surface area (Å²) in [6, 6.07) is 0. The molecule has 384 valence electrons. The number of ether oxygens (including phenoxy) is 2. The summed E-state index contributed by atoms with van der Waals surface area (Å²) in [5.41, 5.74) is 5.40. The molecule has 0 amide bonds. The molecule has 0 radical (unpaired) electrons. The van der Waals surface area contributed by atoms with Crippen LogP contribution in [0.25, 0.3) is 0 Å². The maximum absolute atomic E-state index is 12.7. The van der Waals surface area contributed by atoms with Crippen molar-refractivity contribution in [1.82, 2.24) is 0 Å². The number of rotatable bonds is 54. The summed E-state index contributed by atoms with van der Waals surface area (Å²) in [5.74, 6) is -0.329. The highest BCUT2D eigenvalue weighted by Gasteiger charge is 2.25. The summed E-state index contributed by atoms with van der Waals surface area (Å²) in [7, 11) is -4.28. The zero-order valence-electron chi connectivity index (χ0n) is 43.0. The molecule has 8 nitrogen and oxygen atoms in total. The van der Waals surface area contributed by atoms with Gasteiger partial charge in [-0.05, 0) is 51.4 Å². The molecule has 0 aliphatic carbocycles. The molecule has 0 aromatic carbocycles. The van der Waals surface area contributed by atoms with Crippen molar-refractivity contribution in [1.29, 1.82) is 0 Å². The fraction of sp³-hybridized carbons (Fsp3) is 0.875. The molecule has 0 spiro atoms. The van der Waals surface area contributed by atoms with Crippen LogP contribution in [0.2, 0.25) is 0 Å². The Labute approximate surface area is 403 Å². The molecular weight excluding hydrogens is 830 g/mol. The van der Waals surface area contributed by atoms with Crippen LogP contribution in [0.15, 0.2) is 36.5 Å². The molecular formula is C56H108NO7P. The van der Waals surface area contributed by atoms with Crippen LogP contribution in [0.4, 0.5) is 0 Å². The molecule has 0 fully saturated rings. The second kappa shape index (κ2) is 53.7. The highest BCUT2D eigenvalue weighted by Crippen LogP contribution is 2.43. The molecule has 3 N–H and O–H groups in total. The van der Waals surface area contributed by atoms with Crippen molar-refractivity contribution in [3.05, 3.63) is 36.5 Å². The van der Waals surface area contributed by atoms with Gasteiger partial charge in [0.05, 0.1) is 19.8 Å². The van der Waals surface area contributed by atoms with Crippen molar-refractivity contribution in [3.8, 4) is 0 Å². The first-order valence-corrected chi connectivity index (χ1v) is 29.5. The third kappa shape index (κ3) is 53.5. The fourth-order valence-electron chi connectivity index (χ4n) is 8.18.